The highest BCUT2D eigenvalue weighted by Gasteiger charge is 2.24. The lowest BCUT2D eigenvalue weighted by Gasteiger charge is -2.37. The summed E-state index contributed by atoms with van der Waals surface area (Å²) in [5.74, 6) is -0.938. The third kappa shape index (κ3) is 8.03. The van der Waals surface area contributed by atoms with Crippen molar-refractivity contribution in [2.24, 2.45) is 0 Å². The summed E-state index contributed by atoms with van der Waals surface area (Å²) in [5, 5.41) is 7.69. The number of nitrogens with zero attached hydrogens (tertiary/aromatic N) is 3. The molecule has 1 fully saturated rings. The van der Waals surface area contributed by atoms with Crippen LogP contribution in [0.4, 0.5) is 20.6 Å². The number of nitrogens with one attached hydrogen (secondary N) is 2. The molecule has 4 amide bonds. The molecule has 39 heavy (non-hydrogen) atoms. The fourth-order valence-corrected chi connectivity index (χ4v) is 4.95. The lowest BCUT2D eigenvalue weighted by molar-refractivity contribution is -0.117. The monoisotopic (exact) mass is 551 g/mol. The average Bonchev–Trinajstić information content (AvgIpc) is 3.44. The minimum absolute atomic E-state index is 0.0498. The van der Waals surface area contributed by atoms with Gasteiger partial charge in [-0.15, -0.1) is 11.3 Å². The van der Waals surface area contributed by atoms with Gasteiger partial charge in [-0.25, -0.2) is 9.18 Å². The largest absolute Gasteiger partial charge is 0.368 e. The van der Waals surface area contributed by atoms with E-state index in [0.717, 1.165) is 11.3 Å². The van der Waals surface area contributed by atoms with Crippen molar-refractivity contribution in [3.63, 3.8) is 0 Å². The maximum atomic E-state index is 13.3. The summed E-state index contributed by atoms with van der Waals surface area (Å²) in [6.07, 6.45) is 0. The van der Waals surface area contributed by atoms with Crippen molar-refractivity contribution in [3.05, 3.63) is 82.3 Å². The molecule has 10 heteroatoms. The summed E-state index contributed by atoms with van der Waals surface area (Å²) in [5.41, 5.74) is 2.09. The van der Waals surface area contributed by atoms with E-state index in [1.807, 2.05) is 55.3 Å². The number of carbonyl (C=O) groups excluding carboxylic acids is 3. The highest BCUT2D eigenvalue weighted by molar-refractivity contribution is 7.12. The number of piperazine rings is 1. The molecule has 2 heterocycles. The van der Waals surface area contributed by atoms with Crippen molar-refractivity contribution in [1.82, 2.24) is 15.1 Å². The molecule has 0 saturated carbocycles. The van der Waals surface area contributed by atoms with Crippen LogP contribution in [0.25, 0.3) is 0 Å². The van der Waals surface area contributed by atoms with Gasteiger partial charge in [0.25, 0.3) is 5.91 Å². The number of anilines is 2. The molecule has 1 aromatic heterocycles. The highest BCUT2D eigenvalue weighted by Crippen LogP contribution is 2.21. The Balaban J connectivity index is 1.33. The van der Waals surface area contributed by atoms with Gasteiger partial charge in [0.2, 0.25) is 5.91 Å². The second-order valence-corrected chi connectivity index (χ2v) is 11.5. The van der Waals surface area contributed by atoms with Crippen LogP contribution >= 0.6 is 11.3 Å². The van der Waals surface area contributed by atoms with Gasteiger partial charge in [0.1, 0.15) is 12.4 Å². The molecule has 0 spiro atoms. The fraction of sp³-hybridized carbons (Fsp3) is 0.345. The molecule has 8 nitrogen and oxygen atoms in total. The molecule has 0 unspecified atom stereocenters. The summed E-state index contributed by atoms with van der Waals surface area (Å²) < 4.78 is 13.3. The van der Waals surface area contributed by atoms with Gasteiger partial charge >= 0.3 is 6.03 Å². The standard InChI is InChI=1S/C29H34FN5O3S/c1-29(2,3)32-28(38)34-16-14-33(15-17-34)24-12-10-23(11-13-24)31-26(36)20-35(27(37)25-5-4-18-39-25)19-21-6-8-22(30)9-7-21/h4-13,18H,14-17,19-20H2,1-3H3,(H,31,36)(H,32,38). The number of urea groups is 1. The Morgan fingerprint density at radius 3 is 2.21 bits per heavy atom. The van der Waals surface area contributed by atoms with Crippen LogP contribution in [-0.4, -0.2) is 65.9 Å². The Morgan fingerprint density at radius 1 is 0.949 bits per heavy atom. The summed E-state index contributed by atoms with van der Waals surface area (Å²) in [7, 11) is 0. The maximum absolute atomic E-state index is 13.3. The number of hydrogen-bond acceptors (Lipinski definition) is 5. The normalized spacial score (nSPS) is 13.6. The summed E-state index contributed by atoms with van der Waals surface area (Å²) in [6, 6.07) is 16.9. The van der Waals surface area contributed by atoms with Crippen LogP contribution in [-0.2, 0) is 11.3 Å². The van der Waals surface area contributed by atoms with Gasteiger partial charge in [-0.2, -0.15) is 0 Å². The molecule has 2 aromatic carbocycles. The maximum Gasteiger partial charge on any atom is 0.317 e. The minimum Gasteiger partial charge on any atom is -0.368 e. The van der Waals surface area contributed by atoms with Crippen molar-refractivity contribution in [1.29, 1.82) is 0 Å². The molecule has 1 aliphatic rings. The van der Waals surface area contributed by atoms with E-state index in [0.29, 0.717) is 36.7 Å². The van der Waals surface area contributed by atoms with Gasteiger partial charge in [-0.1, -0.05) is 18.2 Å². The smallest absolute Gasteiger partial charge is 0.317 e. The van der Waals surface area contributed by atoms with E-state index in [-0.39, 0.29) is 42.3 Å². The first kappa shape index (κ1) is 28.1. The molecule has 4 rings (SSSR count). The lowest BCUT2D eigenvalue weighted by Crippen LogP contribution is -2.55. The van der Waals surface area contributed by atoms with E-state index in [9.17, 15) is 18.8 Å². The van der Waals surface area contributed by atoms with Crippen LogP contribution in [0.2, 0.25) is 0 Å². The number of carbonyl (C=O) groups is 3. The molecule has 206 valence electrons. The Morgan fingerprint density at radius 2 is 1.62 bits per heavy atom. The first-order valence-corrected chi connectivity index (χ1v) is 13.7. The highest BCUT2D eigenvalue weighted by atomic mass is 32.1. The quantitative estimate of drug-likeness (QED) is 0.442. The van der Waals surface area contributed by atoms with Crippen molar-refractivity contribution in [2.45, 2.75) is 32.9 Å². The lowest BCUT2D eigenvalue weighted by atomic mass is 10.1. The Labute approximate surface area is 232 Å². The molecule has 2 N–H and O–H groups in total. The molecule has 3 aromatic rings. The van der Waals surface area contributed by atoms with Crippen molar-refractivity contribution in [3.8, 4) is 0 Å². The minimum atomic E-state index is -0.357. The zero-order valence-electron chi connectivity index (χ0n) is 22.4. The third-order valence-corrected chi connectivity index (χ3v) is 7.06. The van der Waals surface area contributed by atoms with Gasteiger partial charge in [-0.3, -0.25) is 9.59 Å². The number of halogens is 1. The molecular formula is C29H34FN5O3S. The Bertz CT molecular complexity index is 1270. The second kappa shape index (κ2) is 12.3. The van der Waals surface area contributed by atoms with Gasteiger partial charge in [0, 0.05) is 49.6 Å². The zero-order chi connectivity index (χ0) is 28.0. The third-order valence-electron chi connectivity index (χ3n) is 6.21. The van der Waals surface area contributed by atoms with Crippen LogP contribution in [0, 0.1) is 5.82 Å². The van der Waals surface area contributed by atoms with E-state index in [1.54, 1.807) is 24.3 Å². The topological polar surface area (TPSA) is 85.0 Å². The first-order valence-electron chi connectivity index (χ1n) is 12.9. The van der Waals surface area contributed by atoms with E-state index in [4.69, 9.17) is 0 Å². The van der Waals surface area contributed by atoms with E-state index in [2.05, 4.69) is 15.5 Å². The van der Waals surface area contributed by atoms with Crippen LogP contribution in [0.1, 0.15) is 36.0 Å². The van der Waals surface area contributed by atoms with Gasteiger partial charge in [0.15, 0.2) is 0 Å². The van der Waals surface area contributed by atoms with Crippen molar-refractivity contribution in [2.75, 3.05) is 42.9 Å². The summed E-state index contributed by atoms with van der Waals surface area (Å²) in [4.78, 5) is 44.4. The van der Waals surface area contributed by atoms with Crippen LogP contribution in [0.5, 0.6) is 0 Å². The Hall–Kier alpha value is -3.92. The average molecular weight is 552 g/mol. The van der Waals surface area contributed by atoms with Crippen LogP contribution < -0.4 is 15.5 Å². The van der Waals surface area contributed by atoms with E-state index >= 15 is 0 Å². The number of benzene rings is 2. The van der Waals surface area contributed by atoms with Gasteiger partial charge < -0.3 is 25.3 Å². The molecule has 1 saturated heterocycles. The SMILES string of the molecule is CC(C)(C)NC(=O)N1CCN(c2ccc(NC(=O)CN(Cc3ccc(F)cc3)C(=O)c3cccs3)cc2)CC1. The fourth-order valence-electron chi connectivity index (χ4n) is 4.26. The number of thiophene rings is 1. The van der Waals surface area contributed by atoms with Crippen LogP contribution in [0.3, 0.4) is 0 Å². The number of rotatable bonds is 7. The van der Waals surface area contributed by atoms with Crippen LogP contribution in [0.15, 0.2) is 66.0 Å². The number of hydrogen-bond donors (Lipinski definition) is 2. The molecule has 1 aliphatic heterocycles. The van der Waals surface area contributed by atoms with Crippen molar-refractivity contribution < 1.29 is 18.8 Å². The number of amides is 4. The summed E-state index contributed by atoms with van der Waals surface area (Å²) >= 11 is 1.31. The van der Waals surface area contributed by atoms with Crippen molar-refractivity contribution >= 4 is 40.6 Å². The second-order valence-electron chi connectivity index (χ2n) is 10.5. The zero-order valence-corrected chi connectivity index (χ0v) is 23.3. The molecular weight excluding hydrogens is 517 g/mol. The van der Waals surface area contributed by atoms with Gasteiger partial charge in [-0.05, 0) is 74.2 Å². The Kier molecular flexibility index (Phi) is 8.86. The first-order chi connectivity index (χ1) is 18.6. The predicted molar refractivity (Wildman–Crippen MR) is 153 cm³/mol. The molecule has 0 bridgehead atoms. The van der Waals surface area contributed by atoms with E-state index in [1.165, 1.54) is 28.4 Å². The molecule has 0 aliphatic carbocycles. The summed E-state index contributed by atoms with van der Waals surface area (Å²) in [6.45, 7) is 8.62. The molecule has 0 atom stereocenters. The molecule has 0 radical (unpaired) electrons. The van der Waals surface area contributed by atoms with Gasteiger partial charge in [0.05, 0.1) is 4.88 Å². The predicted octanol–water partition coefficient (Wildman–Crippen LogP) is 4.80. The van der Waals surface area contributed by atoms with E-state index < -0.39 is 0 Å².